The molecule has 1 heterocycles. The third-order valence-electron chi connectivity index (χ3n) is 9.09. The van der Waals surface area contributed by atoms with E-state index in [1.807, 2.05) is 55.5 Å². The van der Waals surface area contributed by atoms with Gasteiger partial charge >= 0.3 is 0 Å². The molecule has 0 N–H and O–H groups in total. The van der Waals surface area contributed by atoms with Gasteiger partial charge in [0, 0.05) is 0 Å². The number of rotatable bonds is 10. The zero-order chi connectivity index (χ0) is 31.4. The Morgan fingerprint density at radius 3 is 1.50 bits per heavy atom. The molecule has 1 saturated heterocycles. The predicted octanol–water partition coefficient (Wildman–Crippen LogP) is 6.73. The highest BCUT2D eigenvalue weighted by atomic mass is 28.4. The molecule has 7 heteroatoms. The van der Waals surface area contributed by atoms with E-state index in [4.69, 9.17) is 18.3 Å². The summed E-state index contributed by atoms with van der Waals surface area (Å²) in [5.41, 5.74) is 0.962. The average Bonchev–Trinajstić information content (AvgIpc) is 3.02. The van der Waals surface area contributed by atoms with Gasteiger partial charge in [-0.25, -0.2) is 4.39 Å². The Labute approximate surface area is 264 Å². The molecule has 0 unspecified atom stereocenters. The molecule has 0 aliphatic carbocycles. The van der Waals surface area contributed by atoms with Crippen LogP contribution >= 0.6 is 0 Å². The molecule has 0 aromatic heterocycles. The number of halogens is 1. The van der Waals surface area contributed by atoms with Gasteiger partial charge in [-0.3, -0.25) is 0 Å². The van der Waals surface area contributed by atoms with Crippen molar-refractivity contribution in [2.24, 2.45) is 0 Å². The van der Waals surface area contributed by atoms with Crippen LogP contribution in [0.4, 0.5) is 4.39 Å². The minimum Gasteiger partial charge on any atom is -0.408 e. The molecule has 1 fully saturated rings. The number of hydrogen-bond acceptors (Lipinski definition) is 4. The molecule has 4 aromatic rings. The van der Waals surface area contributed by atoms with E-state index < -0.39 is 47.4 Å². The third-order valence-corrected chi connectivity index (χ3v) is 17.6. The molecule has 0 radical (unpaired) electrons. The lowest BCUT2D eigenvalue weighted by atomic mass is 10.0. The highest BCUT2D eigenvalue weighted by molar-refractivity contribution is 7.07. The highest BCUT2D eigenvalue weighted by Crippen LogP contribution is 2.41. The Kier molecular flexibility index (Phi) is 10.0. The maximum Gasteiger partial charge on any atom is 0.288 e. The standard InChI is InChI=1S/C37H45FO4Si2/c1-28-33(34(41-43(5,6)37(2,3)4)35(36(38)40-28)39-27-29-19-11-7-12-20-29)42-44(30-21-13-8-14-22-30,31-23-15-9-16-24-31)32-25-17-10-18-26-32/h7-26,28,33-36H,27H2,1-6H3/t28-,33-,34+,35+,36+/m0/s1. The molecule has 4 aromatic carbocycles. The van der Waals surface area contributed by atoms with Crippen molar-refractivity contribution < 1.29 is 22.7 Å². The van der Waals surface area contributed by atoms with Gasteiger partial charge in [-0.15, -0.1) is 0 Å². The van der Waals surface area contributed by atoms with E-state index in [2.05, 4.69) is 107 Å². The average molecular weight is 629 g/mol. The quantitative estimate of drug-likeness (QED) is 0.144. The van der Waals surface area contributed by atoms with Crippen LogP contribution in [0.15, 0.2) is 121 Å². The Morgan fingerprint density at radius 2 is 1.07 bits per heavy atom. The Hall–Kier alpha value is -2.92. The fraction of sp³-hybridized carbons (Fsp3) is 0.351. The van der Waals surface area contributed by atoms with Crippen molar-refractivity contribution in [3.8, 4) is 0 Å². The molecule has 5 rings (SSSR count). The second-order valence-corrected chi connectivity index (χ2v) is 21.2. The van der Waals surface area contributed by atoms with E-state index in [-0.39, 0.29) is 11.6 Å². The summed E-state index contributed by atoms with van der Waals surface area (Å²) in [6.45, 7) is 13.1. The van der Waals surface area contributed by atoms with Gasteiger partial charge in [0.05, 0.1) is 18.8 Å². The van der Waals surface area contributed by atoms with Crippen LogP contribution in [0.5, 0.6) is 0 Å². The van der Waals surface area contributed by atoms with Crippen LogP contribution in [0.3, 0.4) is 0 Å². The van der Waals surface area contributed by atoms with Crippen LogP contribution < -0.4 is 15.6 Å². The van der Waals surface area contributed by atoms with Gasteiger partial charge in [0.1, 0.15) is 12.2 Å². The number of alkyl halides is 1. The van der Waals surface area contributed by atoms with E-state index >= 15 is 4.39 Å². The first-order valence-electron chi connectivity index (χ1n) is 15.5. The van der Waals surface area contributed by atoms with Crippen molar-refractivity contribution in [2.45, 2.75) is 83.2 Å². The summed E-state index contributed by atoms with van der Waals surface area (Å²) in [6.07, 6.45) is -4.52. The van der Waals surface area contributed by atoms with Gasteiger partial charge < -0.3 is 18.3 Å². The summed E-state index contributed by atoms with van der Waals surface area (Å²) in [6, 6.07) is 41.1. The first-order valence-corrected chi connectivity index (χ1v) is 20.3. The molecule has 44 heavy (non-hydrogen) atoms. The predicted molar refractivity (Wildman–Crippen MR) is 181 cm³/mol. The monoisotopic (exact) mass is 628 g/mol. The molecule has 0 amide bonds. The molecule has 232 valence electrons. The minimum absolute atomic E-state index is 0.109. The van der Waals surface area contributed by atoms with Gasteiger partial charge in [-0.1, -0.05) is 142 Å². The second kappa shape index (κ2) is 13.6. The Morgan fingerprint density at radius 1 is 0.636 bits per heavy atom. The maximum atomic E-state index is 16.0. The lowest BCUT2D eigenvalue weighted by Crippen LogP contribution is -2.74. The summed E-state index contributed by atoms with van der Waals surface area (Å²) >= 11 is 0. The van der Waals surface area contributed by atoms with Crippen LogP contribution in [0.1, 0.15) is 33.3 Å². The fourth-order valence-corrected chi connectivity index (χ4v) is 11.1. The van der Waals surface area contributed by atoms with Gasteiger partial charge in [0.2, 0.25) is 6.36 Å². The molecule has 0 bridgehead atoms. The maximum absolute atomic E-state index is 16.0. The van der Waals surface area contributed by atoms with Crippen LogP contribution in [-0.4, -0.2) is 47.4 Å². The van der Waals surface area contributed by atoms with Crippen LogP contribution in [0.25, 0.3) is 0 Å². The zero-order valence-corrected chi connectivity index (χ0v) is 28.7. The number of benzene rings is 4. The fourth-order valence-electron chi connectivity index (χ4n) is 5.64. The van der Waals surface area contributed by atoms with E-state index in [1.54, 1.807) is 0 Å². The van der Waals surface area contributed by atoms with Gasteiger partial charge in [-0.2, -0.15) is 0 Å². The highest BCUT2D eigenvalue weighted by Gasteiger charge is 2.55. The molecule has 0 spiro atoms. The summed E-state index contributed by atoms with van der Waals surface area (Å²) in [5, 5.41) is 3.18. The van der Waals surface area contributed by atoms with E-state index in [0.717, 1.165) is 21.1 Å². The van der Waals surface area contributed by atoms with Crippen molar-refractivity contribution in [3.05, 3.63) is 127 Å². The zero-order valence-electron chi connectivity index (χ0n) is 26.7. The van der Waals surface area contributed by atoms with E-state index in [1.165, 1.54) is 0 Å². The summed E-state index contributed by atoms with van der Waals surface area (Å²) in [4.78, 5) is 0. The van der Waals surface area contributed by atoms with Crippen molar-refractivity contribution in [2.75, 3.05) is 0 Å². The van der Waals surface area contributed by atoms with Crippen LogP contribution in [0, 0.1) is 0 Å². The van der Waals surface area contributed by atoms with Gasteiger partial charge in [-0.05, 0) is 46.2 Å². The van der Waals surface area contributed by atoms with Crippen molar-refractivity contribution in [1.29, 1.82) is 0 Å². The molecule has 5 atom stereocenters. The third kappa shape index (κ3) is 6.83. The summed E-state index contributed by atoms with van der Waals surface area (Å²) in [5.74, 6) is 0. The van der Waals surface area contributed by atoms with Crippen LogP contribution in [0.2, 0.25) is 18.1 Å². The van der Waals surface area contributed by atoms with E-state index in [9.17, 15) is 0 Å². The number of hydrogen-bond donors (Lipinski definition) is 0. The lowest BCUT2D eigenvalue weighted by Gasteiger charge is -2.50. The SMILES string of the molecule is C[C@@H]1O[C@@H](F)[C@H](OCc2ccccc2)[C@H](O[Si](C)(C)C(C)(C)C)[C@H]1O[Si](c1ccccc1)(c1ccccc1)c1ccccc1. The Bertz CT molecular complexity index is 1350. The molecule has 1 aliphatic rings. The minimum atomic E-state index is -3.18. The summed E-state index contributed by atoms with van der Waals surface area (Å²) in [7, 11) is -5.60. The first kappa shape index (κ1) is 32.5. The molecular weight excluding hydrogens is 584 g/mol. The normalized spacial score (nSPS) is 22.9. The topological polar surface area (TPSA) is 36.9 Å². The number of ether oxygens (including phenoxy) is 2. The van der Waals surface area contributed by atoms with Crippen molar-refractivity contribution >= 4 is 32.2 Å². The largest absolute Gasteiger partial charge is 0.408 e. The molecular formula is C37H45FO4Si2. The van der Waals surface area contributed by atoms with Crippen LogP contribution in [-0.2, 0) is 24.9 Å². The molecule has 1 aliphatic heterocycles. The van der Waals surface area contributed by atoms with Crippen molar-refractivity contribution in [3.63, 3.8) is 0 Å². The molecule has 0 saturated carbocycles. The Balaban J connectivity index is 1.65. The molecule has 4 nitrogen and oxygen atoms in total. The van der Waals surface area contributed by atoms with Gasteiger partial charge in [0.15, 0.2) is 8.32 Å². The smallest absolute Gasteiger partial charge is 0.288 e. The second-order valence-electron chi connectivity index (χ2n) is 13.2. The first-order chi connectivity index (χ1) is 21.0. The summed E-state index contributed by atoms with van der Waals surface area (Å²) < 4.78 is 43.2. The lowest BCUT2D eigenvalue weighted by molar-refractivity contribution is -0.259. The van der Waals surface area contributed by atoms with Gasteiger partial charge in [0.25, 0.3) is 8.32 Å². The van der Waals surface area contributed by atoms with Crippen molar-refractivity contribution in [1.82, 2.24) is 0 Å². The van der Waals surface area contributed by atoms with E-state index in [0.29, 0.717) is 0 Å².